The summed E-state index contributed by atoms with van der Waals surface area (Å²) in [5, 5.41) is 0. The molecule has 0 atom stereocenters. The normalized spacial score (nSPS) is 11.6. The molecule has 0 saturated carbocycles. The van der Waals surface area contributed by atoms with Gasteiger partial charge in [-0.15, -0.1) is 0 Å². The summed E-state index contributed by atoms with van der Waals surface area (Å²) in [6, 6.07) is 3.88. The highest BCUT2D eigenvalue weighted by molar-refractivity contribution is 5.81. The van der Waals surface area contributed by atoms with Gasteiger partial charge in [-0.25, -0.2) is 0 Å². The van der Waals surface area contributed by atoms with Crippen LogP contribution in [0.5, 0.6) is 0 Å². The van der Waals surface area contributed by atoms with Crippen molar-refractivity contribution in [2.24, 2.45) is 11.1 Å². The van der Waals surface area contributed by atoms with Crippen LogP contribution in [0.4, 0.5) is 0 Å². The maximum Gasteiger partial charge on any atom is 0.229 e. The van der Waals surface area contributed by atoms with E-state index in [0.29, 0.717) is 13.1 Å². The second-order valence-corrected chi connectivity index (χ2v) is 5.08. The maximum atomic E-state index is 12.0. The van der Waals surface area contributed by atoms with Gasteiger partial charge in [0.2, 0.25) is 5.91 Å². The lowest BCUT2D eigenvalue weighted by Gasteiger charge is -2.27. The summed E-state index contributed by atoms with van der Waals surface area (Å²) >= 11 is 0. The molecular formula is C13H22N2O2. The topological polar surface area (TPSA) is 59.5 Å². The number of furan rings is 1. The van der Waals surface area contributed by atoms with E-state index < -0.39 is 5.41 Å². The third-order valence-corrected chi connectivity index (χ3v) is 2.93. The van der Waals surface area contributed by atoms with Crippen molar-refractivity contribution < 1.29 is 9.21 Å². The van der Waals surface area contributed by atoms with Crippen LogP contribution < -0.4 is 5.73 Å². The lowest BCUT2D eigenvalue weighted by atomic mass is 9.92. The van der Waals surface area contributed by atoms with Gasteiger partial charge in [-0.05, 0) is 32.9 Å². The first-order valence-corrected chi connectivity index (χ1v) is 5.88. The summed E-state index contributed by atoms with van der Waals surface area (Å²) in [6.45, 7) is 6.65. The van der Waals surface area contributed by atoms with Crippen molar-refractivity contribution in [3.05, 3.63) is 23.7 Å². The number of likely N-dealkylation sites (N-methyl/N-ethyl adjacent to an activating group) is 1. The SMILES string of the molecule is Cc1ccc(CCN(C)C(=O)C(C)(C)CN)o1. The second kappa shape index (κ2) is 5.36. The van der Waals surface area contributed by atoms with Crippen molar-refractivity contribution in [1.82, 2.24) is 4.90 Å². The number of hydrogen-bond acceptors (Lipinski definition) is 3. The molecule has 0 aliphatic rings. The summed E-state index contributed by atoms with van der Waals surface area (Å²) in [6.07, 6.45) is 0.733. The van der Waals surface area contributed by atoms with Crippen LogP contribution in [0.2, 0.25) is 0 Å². The molecule has 4 heteroatoms. The minimum Gasteiger partial charge on any atom is -0.466 e. The molecule has 1 rings (SSSR count). The number of carbonyl (C=O) groups excluding carboxylic acids is 1. The number of hydrogen-bond donors (Lipinski definition) is 1. The summed E-state index contributed by atoms with van der Waals surface area (Å²) < 4.78 is 5.46. The van der Waals surface area contributed by atoms with E-state index in [-0.39, 0.29) is 5.91 Å². The highest BCUT2D eigenvalue weighted by Crippen LogP contribution is 2.16. The van der Waals surface area contributed by atoms with Gasteiger partial charge in [0.1, 0.15) is 11.5 Å². The highest BCUT2D eigenvalue weighted by atomic mass is 16.3. The van der Waals surface area contributed by atoms with E-state index in [4.69, 9.17) is 10.2 Å². The highest BCUT2D eigenvalue weighted by Gasteiger charge is 2.28. The molecule has 1 aromatic rings. The molecule has 0 bridgehead atoms. The van der Waals surface area contributed by atoms with Gasteiger partial charge in [-0.2, -0.15) is 0 Å². The Kier molecular flexibility index (Phi) is 4.34. The maximum absolute atomic E-state index is 12.0. The van der Waals surface area contributed by atoms with Gasteiger partial charge in [-0.3, -0.25) is 4.79 Å². The number of rotatable bonds is 5. The molecule has 1 aromatic heterocycles. The van der Waals surface area contributed by atoms with E-state index in [1.807, 2.05) is 32.9 Å². The summed E-state index contributed by atoms with van der Waals surface area (Å²) in [5.74, 6) is 1.88. The Morgan fingerprint density at radius 3 is 2.59 bits per heavy atom. The number of nitrogens with zero attached hydrogens (tertiary/aromatic N) is 1. The molecule has 1 amide bonds. The van der Waals surface area contributed by atoms with Crippen LogP contribution in [0.25, 0.3) is 0 Å². The van der Waals surface area contributed by atoms with Crippen LogP contribution >= 0.6 is 0 Å². The van der Waals surface area contributed by atoms with Crippen LogP contribution in [-0.4, -0.2) is 30.9 Å². The Balaban J connectivity index is 2.50. The number of nitrogens with two attached hydrogens (primary N) is 1. The number of aryl methyl sites for hydroxylation is 1. The van der Waals surface area contributed by atoms with Gasteiger partial charge in [0.05, 0.1) is 5.41 Å². The van der Waals surface area contributed by atoms with Gasteiger partial charge in [0.25, 0.3) is 0 Å². The van der Waals surface area contributed by atoms with E-state index in [9.17, 15) is 4.79 Å². The third-order valence-electron chi connectivity index (χ3n) is 2.93. The molecule has 0 fully saturated rings. The predicted octanol–water partition coefficient (Wildman–Crippen LogP) is 1.57. The van der Waals surface area contributed by atoms with Crippen molar-refractivity contribution in [3.63, 3.8) is 0 Å². The monoisotopic (exact) mass is 238 g/mol. The number of carbonyl (C=O) groups is 1. The lowest BCUT2D eigenvalue weighted by Crippen LogP contribution is -2.43. The largest absolute Gasteiger partial charge is 0.466 e. The zero-order valence-electron chi connectivity index (χ0n) is 11.1. The lowest BCUT2D eigenvalue weighted by molar-refractivity contribution is -0.138. The minimum atomic E-state index is -0.492. The first-order valence-electron chi connectivity index (χ1n) is 5.88. The van der Waals surface area contributed by atoms with Crippen molar-refractivity contribution in [1.29, 1.82) is 0 Å². The van der Waals surface area contributed by atoms with E-state index in [1.165, 1.54) is 0 Å². The molecule has 0 saturated heterocycles. The zero-order chi connectivity index (χ0) is 13.1. The molecule has 0 aromatic carbocycles. The first-order chi connectivity index (χ1) is 7.86. The molecule has 0 aliphatic carbocycles. The molecule has 0 unspecified atom stereocenters. The molecule has 1 heterocycles. The van der Waals surface area contributed by atoms with E-state index >= 15 is 0 Å². The van der Waals surface area contributed by atoms with E-state index in [1.54, 1.807) is 11.9 Å². The molecule has 17 heavy (non-hydrogen) atoms. The van der Waals surface area contributed by atoms with E-state index in [2.05, 4.69) is 0 Å². The quantitative estimate of drug-likeness (QED) is 0.847. The minimum absolute atomic E-state index is 0.0725. The van der Waals surface area contributed by atoms with Crippen molar-refractivity contribution >= 4 is 5.91 Å². The van der Waals surface area contributed by atoms with Crippen LogP contribution in [0.1, 0.15) is 25.4 Å². The van der Waals surface area contributed by atoms with Crippen LogP contribution in [0.3, 0.4) is 0 Å². The average Bonchev–Trinajstić information content (AvgIpc) is 2.71. The van der Waals surface area contributed by atoms with Gasteiger partial charge >= 0.3 is 0 Å². The number of amides is 1. The van der Waals surface area contributed by atoms with Crippen LogP contribution in [0, 0.1) is 12.3 Å². The fourth-order valence-electron chi connectivity index (χ4n) is 1.60. The van der Waals surface area contributed by atoms with Crippen molar-refractivity contribution in [2.45, 2.75) is 27.2 Å². The summed E-state index contributed by atoms with van der Waals surface area (Å²) in [5.41, 5.74) is 5.10. The van der Waals surface area contributed by atoms with Gasteiger partial charge in [0.15, 0.2) is 0 Å². The molecule has 96 valence electrons. The molecule has 0 aliphatic heterocycles. The summed E-state index contributed by atoms with van der Waals surface area (Å²) in [4.78, 5) is 13.8. The predicted molar refractivity (Wildman–Crippen MR) is 67.6 cm³/mol. The van der Waals surface area contributed by atoms with Crippen LogP contribution in [-0.2, 0) is 11.2 Å². The van der Waals surface area contributed by atoms with Gasteiger partial charge in [0, 0.05) is 26.6 Å². The van der Waals surface area contributed by atoms with Gasteiger partial charge in [-0.1, -0.05) is 0 Å². The zero-order valence-corrected chi connectivity index (χ0v) is 11.1. The second-order valence-electron chi connectivity index (χ2n) is 5.08. The fourth-order valence-corrected chi connectivity index (χ4v) is 1.60. The first kappa shape index (κ1) is 13.8. The third kappa shape index (κ3) is 3.60. The molecule has 2 N–H and O–H groups in total. The fraction of sp³-hybridized carbons (Fsp3) is 0.615. The average molecular weight is 238 g/mol. The Hall–Kier alpha value is -1.29. The van der Waals surface area contributed by atoms with Gasteiger partial charge < -0.3 is 15.1 Å². The van der Waals surface area contributed by atoms with Crippen molar-refractivity contribution in [2.75, 3.05) is 20.1 Å². The molecule has 0 radical (unpaired) electrons. The van der Waals surface area contributed by atoms with Crippen molar-refractivity contribution in [3.8, 4) is 0 Å². The molecule has 4 nitrogen and oxygen atoms in total. The Bertz CT molecular complexity index is 383. The Morgan fingerprint density at radius 2 is 2.12 bits per heavy atom. The van der Waals surface area contributed by atoms with Crippen LogP contribution in [0.15, 0.2) is 16.5 Å². The molecular weight excluding hydrogens is 216 g/mol. The van der Waals surface area contributed by atoms with E-state index in [0.717, 1.165) is 17.9 Å². The Labute approximate surface area is 103 Å². The smallest absolute Gasteiger partial charge is 0.229 e. The summed E-state index contributed by atoms with van der Waals surface area (Å²) in [7, 11) is 1.80. The molecule has 0 spiro atoms. The Morgan fingerprint density at radius 1 is 1.47 bits per heavy atom. The standard InChI is InChI=1S/C13H22N2O2/c1-10-5-6-11(17-10)7-8-15(4)12(16)13(2,3)9-14/h5-6H,7-9,14H2,1-4H3.